The second kappa shape index (κ2) is 7.59. The maximum Gasteiger partial charge on any atom is 0.325 e. The molecule has 3 rings (SSSR count). The number of nitrogens with one attached hydrogen (secondary N) is 2. The number of fused-ring (bicyclic) bond motifs is 1. The van der Waals surface area contributed by atoms with Gasteiger partial charge in [-0.2, -0.15) is 0 Å². The highest BCUT2D eigenvalue weighted by Gasteiger charge is 2.12. The molecule has 3 aromatic rings. The van der Waals surface area contributed by atoms with Crippen LogP contribution in [0.15, 0.2) is 47.5 Å². The van der Waals surface area contributed by atoms with Crippen molar-refractivity contribution in [2.75, 3.05) is 5.32 Å². The number of aryl methyl sites for hydroxylation is 2. The molecule has 0 saturated heterocycles. The van der Waals surface area contributed by atoms with Gasteiger partial charge in [-0.05, 0) is 43.7 Å². The number of anilines is 1. The van der Waals surface area contributed by atoms with E-state index in [1.807, 2.05) is 26.0 Å². The first-order valence-electron chi connectivity index (χ1n) is 8.16. The lowest BCUT2D eigenvalue weighted by Gasteiger charge is -2.10. The minimum absolute atomic E-state index is 0.303. The van der Waals surface area contributed by atoms with Crippen LogP contribution in [-0.4, -0.2) is 21.5 Å². The molecule has 1 aromatic heterocycles. The van der Waals surface area contributed by atoms with Crippen LogP contribution >= 0.6 is 11.6 Å². The fourth-order valence-corrected chi connectivity index (χ4v) is 2.84. The number of urea groups is 1. The van der Waals surface area contributed by atoms with E-state index in [9.17, 15) is 14.4 Å². The maximum absolute atomic E-state index is 12.5. The Morgan fingerprint density at radius 3 is 2.67 bits per heavy atom. The SMILES string of the molecule is Cc1ccc(NC(=O)NC(=O)Cn2cnc3ccc(Cl)cc3c2=O)c(C)c1. The minimum atomic E-state index is -0.670. The van der Waals surface area contributed by atoms with Gasteiger partial charge >= 0.3 is 6.03 Å². The standard InChI is InChI=1S/C19H17ClN4O3/c1-11-3-5-15(12(2)7-11)22-19(27)23-17(25)9-24-10-21-16-6-4-13(20)8-14(16)18(24)26/h3-8,10H,9H2,1-2H3,(H2,22,23,25,27). The largest absolute Gasteiger partial charge is 0.325 e. The molecular formula is C19H17ClN4O3. The third kappa shape index (κ3) is 4.32. The van der Waals surface area contributed by atoms with Crippen LogP contribution in [0.2, 0.25) is 5.02 Å². The van der Waals surface area contributed by atoms with Crippen molar-refractivity contribution in [2.24, 2.45) is 0 Å². The number of carbonyl (C=O) groups is 2. The van der Waals surface area contributed by atoms with Crippen molar-refractivity contribution in [1.82, 2.24) is 14.9 Å². The number of carbonyl (C=O) groups excluding carboxylic acids is 2. The Kier molecular flexibility index (Phi) is 5.23. The van der Waals surface area contributed by atoms with Gasteiger partial charge in [0.05, 0.1) is 17.2 Å². The number of rotatable bonds is 3. The number of benzene rings is 2. The second-order valence-corrected chi connectivity index (χ2v) is 6.60. The van der Waals surface area contributed by atoms with E-state index in [0.29, 0.717) is 21.6 Å². The van der Waals surface area contributed by atoms with Crippen LogP contribution in [0.4, 0.5) is 10.5 Å². The topological polar surface area (TPSA) is 93.1 Å². The van der Waals surface area contributed by atoms with E-state index in [1.54, 1.807) is 18.2 Å². The van der Waals surface area contributed by atoms with Gasteiger partial charge in [-0.15, -0.1) is 0 Å². The highest BCUT2D eigenvalue weighted by atomic mass is 35.5. The summed E-state index contributed by atoms with van der Waals surface area (Å²) in [6.45, 7) is 3.47. The average Bonchev–Trinajstić information content (AvgIpc) is 2.60. The van der Waals surface area contributed by atoms with Gasteiger partial charge in [-0.25, -0.2) is 9.78 Å². The van der Waals surface area contributed by atoms with Crippen LogP contribution in [0.1, 0.15) is 11.1 Å². The molecule has 27 heavy (non-hydrogen) atoms. The summed E-state index contributed by atoms with van der Waals surface area (Å²) in [6, 6.07) is 9.62. The summed E-state index contributed by atoms with van der Waals surface area (Å²) in [4.78, 5) is 40.7. The van der Waals surface area contributed by atoms with E-state index in [2.05, 4.69) is 15.6 Å². The van der Waals surface area contributed by atoms with E-state index in [4.69, 9.17) is 11.6 Å². The number of hydrogen-bond donors (Lipinski definition) is 2. The van der Waals surface area contributed by atoms with Gasteiger partial charge < -0.3 is 5.32 Å². The molecule has 0 unspecified atom stereocenters. The summed E-state index contributed by atoms with van der Waals surface area (Å²) in [6.07, 6.45) is 1.26. The Morgan fingerprint density at radius 2 is 1.93 bits per heavy atom. The average molecular weight is 385 g/mol. The van der Waals surface area contributed by atoms with E-state index in [1.165, 1.54) is 12.4 Å². The molecule has 0 radical (unpaired) electrons. The van der Waals surface area contributed by atoms with Crippen LogP contribution in [0.3, 0.4) is 0 Å². The predicted octanol–water partition coefficient (Wildman–Crippen LogP) is 3.02. The molecule has 0 aliphatic heterocycles. The summed E-state index contributed by atoms with van der Waals surface area (Å²) in [5, 5.41) is 5.52. The predicted molar refractivity (Wildman–Crippen MR) is 104 cm³/mol. The minimum Gasteiger partial charge on any atom is -0.307 e. The third-order valence-corrected chi connectivity index (χ3v) is 4.22. The molecule has 0 spiro atoms. The lowest BCUT2D eigenvalue weighted by Crippen LogP contribution is -2.38. The van der Waals surface area contributed by atoms with Gasteiger partial charge in [0.1, 0.15) is 6.54 Å². The monoisotopic (exact) mass is 384 g/mol. The van der Waals surface area contributed by atoms with Crippen molar-refractivity contribution in [3.05, 3.63) is 69.2 Å². The fourth-order valence-electron chi connectivity index (χ4n) is 2.67. The Hall–Kier alpha value is -3.19. The van der Waals surface area contributed by atoms with Crippen LogP contribution < -0.4 is 16.2 Å². The summed E-state index contributed by atoms with van der Waals surface area (Å²) >= 11 is 5.91. The van der Waals surface area contributed by atoms with Gasteiger partial charge in [0.2, 0.25) is 5.91 Å². The molecule has 2 aromatic carbocycles. The molecular weight excluding hydrogens is 368 g/mol. The lowest BCUT2D eigenvalue weighted by atomic mass is 10.1. The number of imide groups is 1. The van der Waals surface area contributed by atoms with Crippen molar-refractivity contribution in [3.63, 3.8) is 0 Å². The van der Waals surface area contributed by atoms with Gasteiger partial charge in [-0.3, -0.25) is 19.5 Å². The summed E-state index contributed by atoms with van der Waals surface area (Å²) in [5.41, 5.74) is 2.62. The Morgan fingerprint density at radius 1 is 1.15 bits per heavy atom. The van der Waals surface area contributed by atoms with Crippen molar-refractivity contribution in [1.29, 1.82) is 0 Å². The number of halogens is 1. The van der Waals surface area contributed by atoms with Gasteiger partial charge in [0.15, 0.2) is 0 Å². The van der Waals surface area contributed by atoms with Gasteiger partial charge in [-0.1, -0.05) is 29.3 Å². The number of amides is 3. The van der Waals surface area contributed by atoms with Gasteiger partial charge in [0, 0.05) is 10.7 Å². The second-order valence-electron chi connectivity index (χ2n) is 6.16. The lowest BCUT2D eigenvalue weighted by molar-refractivity contribution is -0.120. The van der Waals surface area contributed by atoms with Crippen LogP contribution in [0, 0.1) is 13.8 Å². The first-order chi connectivity index (χ1) is 12.8. The molecule has 138 valence electrons. The van der Waals surface area contributed by atoms with E-state index in [-0.39, 0.29) is 6.54 Å². The maximum atomic E-state index is 12.5. The normalized spacial score (nSPS) is 10.6. The molecule has 0 saturated carbocycles. The van der Waals surface area contributed by atoms with E-state index < -0.39 is 17.5 Å². The summed E-state index contributed by atoms with van der Waals surface area (Å²) < 4.78 is 1.12. The van der Waals surface area contributed by atoms with Crippen molar-refractivity contribution < 1.29 is 9.59 Å². The zero-order valence-electron chi connectivity index (χ0n) is 14.7. The fraction of sp³-hybridized carbons (Fsp3) is 0.158. The molecule has 0 aliphatic carbocycles. The quantitative estimate of drug-likeness (QED) is 0.725. The van der Waals surface area contributed by atoms with Crippen LogP contribution in [0.25, 0.3) is 10.9 Å². The van der Waals surface area contributed by atoms with Crippen molar-refractivity contribution in [2.45, 2.75) is 20.4 Å². The van der Waals surface area contributed by atoms with Crippen molar-refractivity contribution >= 4 is 40.1 Å². The van der Waals surface area contributed by atoms with Crippen LogP contribution in [0.5, 0.6) is 0 Å². The zero-order valence-corrected chi connectivity index (χ0v) is 15.5. The van der Waals surface area contributed by atoms with Crippen molar-refractivity contribution in [3.8, 4) is 0 Å². The summed E-state index contributed by atoms with van der Waals surface area (Å²) in [7, 11) is 0. The van der Waals surface area contributed by atoms with Gasteiger partial charge in [0.25, 0.3) is 5.56 Å². The first-order valence-corrected chi connectivity index (χ1v) is 8.54. The number of nitrogens with zero attached hydrogens (tertiary/aromatic N) is 2. The number of hydrogen-bond acceptors (Lipinski definition) is 4. The molecule has 0 aliphatic rings. The highest BCUT2D eigenvalue weighted by Crippen LogP contribution is 2.16. The molecule has 3 amide bonds. The van der Waals surface area contributed by atoms with E-state index >= 15 is 0 Å². The Bertz CT molecular complexity index is 1110. The summed E-state index contributed by atoms with van der Waals surface area (Å²) in [5.74, 6) is -0.637. The molecule has 0 atom stereocenters. The Labute approximate surface area is 160 Å². The molecule has 1 heterocycles. The smallest absolute Gasteiger partial charge is 0.307 e. The first kappa shape index (κ1) is 18.6. The van der Waals surface area contributed by atoms with Crippen LogP contribution in [-0.2, 0) is 11.3 Å². The molecule has 0 bridgehead atoms. The molecule has 8 heteroatoms. The molecule has 7 nitrogen and oxygen atoms in total. The number of aromatic nitrogens is 2. The molecule has 0 fully saturated rings. The molecule has 2 N–H and O–H groups in total. The van der Waals surface area contributed by atoms with E-state index in [0.717, 1.165) is 15.7 Å². The third-order valence-electron chi connectivity index (χ3n) is 3.98. The zero-order chi connectivity index (χ0) is 19.6. The highest BCUT2D eigenvalue weighted by molar-refractivity contribution is 6.31. The Balaban J connectivity index is 1.70.